The molecule has 0 atom stereocenters. The lowest BCUT2D eigenvalue weighted by molar-refractivity contribution is 0.590. The second-order valence-corrected chi connectivity index (χ2v) is 5.71. The molecule has 1 rings (SSSR count). The topological polar surface area (TPSA) is 58.5 Å². The number of nitrogens with zero attached hydrogens (tertiary/aromatic N) is 1. The molecule has 0 aliphatic rings. The van der Waals surface area contributed by atoms with Crippen LogP contribution < -0.4 is 4.83 Å². The van der Waals surface area contributed by atoms with E-state index < -0.39 is 10.0 Å². The summed E-state index contributed by atoms with van der Waals surface area (Å²) in [6, 6.07) is 7.45. The molecule has 0 aromatic heterocycles. The van der Waals surface area contributed by atoms with E-state index in [2.05, 4.69) is 25.9 Å². The molecule has 4 nitrogen and oxygen atoms in total. The molecular formula is C9H11BrN2O2S. The Labute approximate surface area is 97.6 Å². The van der Waals surface area contributed by atoms with E-state index in [-0.39, 0.29) is 0 Å². The highest BCUT2D eigenvalue weighted by atomic mass is 79.9. The van der Waals surface area contributed by atoms with Gasteiger partial charge in [0, 0.05) is 4.47 Å². The minimum absolute atomic E-state index is 0.618. The number of halogens is 1. The number of sulfonamides is 1. The van der Waals surface area contributed by atoms with Gasteiger partial charge in [-0.25, -0.2) is 13.2 Å². The molecule has 0 aliphatic heterocycles. The lowest BCUT2D eigenvalue weighted by Crippen LogP contribution is -2.17. The maximum absolute atomic E-state index is 10.8. The fourth-order valence-electron chi connectivity index (χ4n) is 0.907. The van der Waals surface area contributed by atoms with Gasteiger partial charge in [0.15, 0.2) is 0 Å². The Kier molecular flexibility index (Phi) is 3.87. The summed E-state index contributed by atoms with van der Waals surface area (Å²) >= 11 is 3.31. The summed E-state index contributed by atoms with van der Waals surface area (Å²) in [6.45, 7) is 1.74. The summed E-state index contributed by atoms with van der Waals surface area (Å²) in [4.78, 5) is 2.08. The summed E-state index contributed by atoms with van der Waals surface area (Å²) in [7, 11) is -3.28. The van der Waals surface area contributed by atoms with Crippen molar-refractivity contribution >= 4 is 31.7 Å². The molecule has 1 N–H and O–H groups in total. The van der Waals surface area contributed by atoms with Gasteiger partial charge in [0.2, 0.25) is 10.0 Å². The Morgan fingerprint density at radius 3 is 2.33 bits per heavy atom. The molecule has 1 aromatic carbocycles. The van der Waals surface area contributed by atoms with Crippen LogP contribution in [0.3, 0.4) is 0 Å². The minimum atomic E-state index is -3.28. The second-order valence-electron chi connectivity index (χ2n) is 3.07. The van der Waals surface area contributed by atoms with Crippen molar-refractivity contribution in [3.8, 4) is 0 Å². The summed E-state index contributed by atoms with van der Waals surface area (Å²) in [6.07, 6.45) is 1.06. The lowest BCUT2D eigenvalue weighted by Gasteiger charge is -2.01. The Bertz CT molecular complexity index is 465. The van der Waals surface area contributed by atoms with Gasteiger partial charge in [0.05, 0.1) is 12.0 Å². The first-order valence-corrected chi connectivity index (χ1v) is 6.84. The van der Waals surface area contributed by atoms with Gasteiger partial charge in [-0.1, -0.05) is 28.1 Å². The first-order valence-electron chi connectivity index (χ1n) is 4.15. The third-order valence-electron chi connectivity index (χ3n) is 1.64. The minimum Gasteiger partial charge on any atom is -0.206 e. The standard InChI is InChI=1S/C9H11BrN2O2S/c1-7(11-12-15(2,13)14)8-3-5-9(10)6-4-8/h3-6,12H,1-2H3. The van der Waals surface area contributed by atoms with Gasteiger partial charge in [-0.2, -0.15) is 5.10 Å². The molecule has 6 heteroatoms. The van der Waals surface area contributed by atoms with Crippen LogP contribution in [0.15, 0.2) is 33.8 Å². The molecule has 0 amide bonds. The van der Waals surface area contributed by atoms with E-state index in [1.54, 1.807) is 6.92 Å². The van der Waals surface area contributed by atoms with E-state index in [1.165, 1.54) is 0 Å². The second kappa shape index (κ2) is 4.76. The average molecular weight is 291 g/mol. The van der Waals surface area contributed by atoms with Crippen molar-refractivity contribution < 1.29 is 8.42 Å². The summed E-state index contributed by atoms with van der Waals surface area (Å²) in [5.41, 5.74) is 1.49. The van der Waals surface area contributed by atoms with Crippen molar-refractivity contribution in [2.75, 3.05) is 6.26 Å². The molecule has 0 unspecified atom stereocenters. The summed E-state index contributed by atoms with van der Waals surface area (Å²) in [5.74, 6) is 0. The van der Waals surface area contributed by atoms with E-state index >= 15 is 0 Å². The van der Waals surface area contributed by atoms with Gasteiger partial charge >= 0.3 is 0 Å². The fourth-order valence-corrected chi connectivity index (χ4v) is 1.47. The SMILES string of the molecule is CC(=NNS(C)(=O)=O)c1ccc(Br)cc1. The van der Waals surface area contributed by atoms with Gasteiger partial charge < -0.3 is 0 Å². The van der Waals surface area contributed by atoms with E-state index in [0.717, 1.165) is 16.3 Å². The molecule has 0 fully saturated rings. The van der Waals surface area contributed by atoms with Crippen molar-refractivity contribution in [3.05, 3.63) is 34.3 Å². The van der Waals surface area contributed by atoms with Crippen molar-refractivity contribution in [2.45, 2.75) is 6.92 Å². The number of hydrogen-bond donors (Lipinski definition) is 1. The molecule has 0 bridgehead atoms. The predicted molar refractivity (Wildman–Crippen MR) is 64.3 cm³/mol. The van der Waals surface area contributed by atoms with Crippen LogP contribution in [0.1, 0.15) is 12.5 Å². The highest BCUT2D eigenvalue weighted by Crippen LogP contribution is 2.10. The molecule has 0 saturated heterocycles. The molecule has 0 spiro atoms. The lowest BCUT2D eigenvalue weighted by atomic mass is 10.1. The van der Waals surface area contributed by atoms with Crippen LogP contribution in [0.25, 0.3) is 0 Å². The van der Waals surface area contributed by atoms with Crippen molar-refractivity contribution in [1.29, 1.82) is 0 Å². The smallest absolute Gasteiger partial charge is 0.206 e. The van der Waals surface area contributed by atoms with Crippen LogP contribution in [0.2, 0.25) is 0 Å². The van der Waals surface area contributed by atoms with Crippen molar-refractivity contribution in [2.24, 2.45) is 5.10 Å². The number of hydrogen-bond acceptors (Lipinski definition) is 3. The quantitative estimate of drug-likeness (QED) is 0.681. The zero-order valence-corrected chi connectivity index (χ0v) is 10.8. The fraction of sp³-hybridized carbons (Fsp3) is 0.222. The molecule has 0 radical (unpaired) electrons. The summed E-state index contributed by atoms with van der Waals surface area (Å²) in [5, 5.41) is 3.76. The van der Waals surface area contributed by atoms with Gasteiger partial charge in [-0.3, -0.25) is 0 Å². The van der Waals surface area contributed by atoms with Crippen LogP contribution in [0.4, 0.5) is 0 Å². The maximum Gasteiger partial charge on any atom is 0.244 e. The Morgan fingerprint density at radius 1 is 1.33 bits per heavy atom. The molecular weight excluding hydrogens is 280 g/mol. The molecule has 82 valence electrons. The predicted octanol–water partition coefficient (Wildman–Crippen LogP) is 1.72. The van der Waals surface area contributed by atoms with E-state index in [4.69, 9.17) is 0 Å². The Morgan fingerprint density at radius 2 is 1.87 bits per heavy atom. The van der Waals surface area contributed by atoms with E-state index in [9.17, 15) is 8.42 Å². The normalized spacial score (nSPS) is 12.6. The van der Waals surface area contributed by atoms with Crippen LogP contribution in [0, 0.1) is 0 Å². The number of nitrogens with one attached hydrogen (secondary N) is 1. The summed E-state index contributed by atoms with van der Waals surface area (Å²) < 4.78 is 22.6. The zero-order valence-electron chi connectivity index (χ0n) is 8.36. The number of hydrazone groups is 1. The van der Waals surface area contributed by atoms with Crippen LogP contribution in [-0.2, 0) is 10.0 Å². The van der Waals surface area contributed by atoms with Gasteiger partial charge in [-0.15, -0.1) is 0 Å². The highest BCUT2D eigenvalue weighted by molar-refractivity contribution is 9.10. The maximum atomic E-state index is 10.8. The first-order chi connectivity index (χ1) is 6.88. The zero-order chi connectivity index (χ0) is 11.5. The van der Waals surface area contributed by atoms with Gasteiger partial charge in [-0.05, 0) is 24.6 Å². The van der Waals surface area contributed by atoms with Crippen LogP contribution >= 0.6 is 15.9 Å². The van der Waals surface area contributed by atoms with Crippen LogP contribution in [-0.4, -0.2) is 20.4 Å². The monoisotopic (exact) mass is 290 g/mol. The van der Waals surface area contributed by atoms with Crippen molar-refractivity contribution in [1.82, 2.24) is 4.83 Å². The number of benzene rings is 1. The Hall–Kier alpha value is -0.880. The molecule has 0 aliphatic carbocycles. The van der Waals surface area contributed by atoms with E-state index in [1.807, 2.05) is 24.3 Å². The first kappa shape index (κ1) is 12.2. The number of rotatable bonds is 3. The van der Waals surface area contributed by atoms with E-state index in [0.29, 0.717) is 5.71 Å². The molecule has 0 saturated carbocycles. The molecule has 15 heavy (non-hydrogen) atoms. The van der Waals surface area contributed by atoms with Crippen LogP contribution in [0.5, 0.6) is 0 Å². The van der Waals surface area contributed by atoms with Crippen molar-refractivity contribution in [3.63, 3.8) is 0 Å². The third-order valence-corrected chi connectivity index (χ3v) is 2.59. The molecule has 0 heterocycles. The third kappa shape index (κ3) is 4.44. The van der Waals surface area contributed by atoms with Gasteiger partial charge in [0.25, 0.3) is 0 Å². The molecule has 1 aromatic rings. The van der Waals surface area contributed by atoms with Gasteiger partial charge in [0.1, 0.15) is 0 Å². The Balaban J connectivity index is 2.85. The average Bonchev–Trinajstić information content (AvgIpc) is 2.14. The highest BCUT2D eigenvalue weighted by Gasteiger charge is 2.00. The largest absolute Gasteiger partial charge is 0.244 e.